The van der Waals surface area contributed by atoms with E-state index in [-0.39, 0.29) is 12.5 Å². The monoisotopic (exact) mass is 225 g/mol. The quantitative estimate of drug-likeness (QED) is 0.829. The lowest BCUT2D eigenvalue weighted by molar-refractivity contribution is -0.136. The Labute approximate surface area is 91.1 Å². The second-order valence-electron chi connectivity index (χ2n) is 3.46. The lowest BCUT2D eigenvalue weighted by Crippen LogP contribution is -2.34. The fourth-order valence-corrected chi connectivity index (χ4v) is 2.66. The third-order valence-corrected chi connectivity index (χ3v) is 3.37. The first kappa shape index (κ1) is 10.2. The van der Waals surface area contributed by atoms with Crippen LogP contribution in [0.3, 0.4) is 0 Å². The van der Waals surface area contributed by atoms with Crippen LogP contribution in [0, 0.1) is 0 Å². The third-order valence-electron chi connectivity index (χ3n) is 2.40. The molecule has 0 saturated heterocycles. The molecule has 15 heavy (non-hydrogen) atoms. The highest BCUT2D eigenvalue weighted by atomic mass is 32.1. The van der Waals surface area contributed by atoms with E-state index >= 15 is 0 Å². The minimum Gasteiger partial charge on any atom is -0.480 e. The van der Waals surface area contributed by atoms with Gasteiger partial charge in [0.25, 0.3) is 0 Å². The predicted molar refractivity (Wildman–Crippen MR) is 57.2 cm³/mol. The summed E-state index contributed by atoms with van der Waals surface area (Å²) in [5.74, 6) is -1.06. The minimum absolute atomic E-state index is 0.0884. The first-order chi connectivity index (χ1) is 7.18. The molecule has 1 N–H and O–H groups in total. The van der Waals surface area contributed by atoms with Crippen molar-refractivity contribution in [2.75, 3.05) is 11.4 Å². The Balaban J connectivity index is 2.33. The molecule has 0 fully saturated rings. The van der Waals surface area contributed by atoms with Crippen LogP contribution in [-0.2, 0) is 16.0 Å². The van der Waals surface area contributed by atoms with E-state index < -0.39 is 5.97 Å². The van der Waals surface area contributed by atoms with Gasteiger partial charge in [0.2, 0.25) is 5.91 Å². The first-order valence-electron chi connectivity index (χ1n) is 4.77. The average Bonchev–Trinajstić information content (AvgIpc) is 2.57. The van der Waals surface area contributed by atoms with Crippen molar-refractivity contribution in [2.45, 2.75) is 19.3 Å². The number of fused-ring (bicyclic) bond motifs is 1. The van der Waals surface area contributed by atoms with Crippen LogP contribution >= 0.6 is 11.3 Å². The minimum atomic E-state index is -0.970. The number of hydrogen-bond donors (Lipinski definition) is 1. The average molecular weight is 225 g/mol. The maximum Gasteiger partial charge on any atom is 0.323 e. The number of carboxylic acid groups (broad SMARTS) is 1. The fourth-order valence-electron chi connectivity index (χ4n) is 1.74. The number of aryl methyl sites for hydroxylation is 1. The molecule has 0 aromatic carbocycles. The number of thiophene rings is 1. The molecule has 2 rings (SSSR count). The second kappa shape index (κ2) is 4.02. The van der Waals surface area contributed by atoms with Gasteiger partial charge >= 0.3 is 5.97 Å². The smallest absolute Gasteiger partial charge is 0.323 e. The van der Waals surface area contributed by atoms with Gasteiger partial charge in [-0.15, -0.1) is 11.3 Å². The molecule has 0 unspecified atom stereocenters. The van der Waals surface area contributed by atoms with Gasteiger partial charge in [-0.2, -0.15) is 0 Å². The lowest BCUT2D eigenvalue weighted by atomic mass is 10.2. The molecule has 4 nitrogen and oxygen atoms in total. The topological polar surface area (TPSA) is 57.6 Å². The lowest BCUT2D eigenvalue weighted by Gasteiger charge is -2.18. The van der Waals surface area contributed by atoms with Crippen molar-refractivity contribution in [3.05, 3.63) is 16.3 Å². The highest BCUT2D eigenvalue weighted by Gasteiger charge is 2.24. The molecule has 0 aliphatic carbocycles. The molecular weight excluding hydrogens is 214 g/mol. The summed E-state index contributed by atoms with van der Waals surface area (Å²) in [6.07, 6.45) is 2.12. The molecule has 0 atom stereocenters. The predicted octanol–water partition coefficient (Wildman–Crippen LogP) is 1.50. The summed E-state index contributed by atoms with van der Waals surface area (Å²) < 4.78 is 0. The summed E-state index contributed by atoms with van der Waals surface area (Å²) in [5, 5.41) is 10.6. The number of rotatable bonds is 2. The van der Waals surface area contributed by atoms with Gasteiger partial charge in [0.15, 0.2) is 0 Å². The Morgan fingerprint density at radius 1 is 1.53 bits per heavy atom. The van der Waals surface area contributed by atoms with E-state index in [1.54, 1.807) is 11.3 Å². The fraction of sp³-hybridized carbons (Fsp3) is 0.400. The van der Waals surface area contributed by atoms with Crippen LogP contribution in [0.5, 0.6) is 0 Å². The molecule has 1 aliphatic rings. The Morgan fingerprint density at radius 2 is 2.33 bits per heavy atom. The van der Waals surface area contributed by atoms with E-state index in [4.69, 9.17) is 5.11 Å². The summed E-state index contributed by atoms with van der Waals surface area (Å²) in [4.78, 5) is 24.8. The molecular formula is C10H11NO3S. The number of carbonyl (C=O) groups excluding carboxylic acids is 1. The maximum absolute atomic E-state index is 11.7. The summed E-state index contributed by atoms with van der Waals surface area (Å²) in [7, 11) is 0. The molecule has 0 spiro atoms. The highest BCUT2D eigenvalue weighted by molar-refractivity contribution is 7.10. The van der Waals surface area contributed by atoms with Crippen LogP contribution in [0.25, 0.3) is 0 Å². The van der Waals surface area contributed by atoms with Crippen molar-refractivity contribution in [2.24, 2.45) is 0 Å². The Morgan fingerprint density at radius 3 is 3.07 bits per heavy atom. The number of anilines is 1. The van der Waals surface area contributed by atoms with E-state index in [1.165, 1.54) is 4.90 Å². The van der Waals surface area contributed by atoms with Crippen LogP contribution in [0.4, 0.5) is 5.69 Å². The van der Waals surface area contributed by atoms with Gasteiger partial charge in [0.1, 0.15) is 6.54 Å². The number of aliphatic carboxylic acids is 1. The van der Waals surface area contributed by atoms with E-state index in [0.29, 0.717) is 6.42 Å². The van der Waals surface area contributed by atoms with Crippen molar-refractivity contribution < 1.29 is 14.7 Å². The van der Waals surface area contributed by atoms with Gasteiger partial charge in [-0.25, -0.2) is 0 Å². The van der Waals surface area contributed by atoms with Crippen molar-refractivity contribution >= 4 is 28.9 Å². The number of carboxylic acids is 1. The molecule has 1 aromatic heterocycles. The Bertz CT molecular complexity index is 399. The maximum atomic E-state index is 11.7. The van der Waals surface area contributed by atoms with Gasteiger partial charge in [0.05, 0.1) is 5.69 Å². The second-order valence-corrected chi connectivity index (χ2v) is 4.46. The van der Waals surface area contributed by atoms with E-state index in [9.17, 15) is 9.59 Å². The van der Waals surface area contributed by atoms with Crippen molar-refractivity contribution in [3.8, 4) is 0 Å². The molecule has 80 valence electrons. The van der Waals surface area contributed by atoms with Crippen molar-refractivity contribution in [1.82, 2.24) is 0 Å². The molecule has 0 saturated carbocycles. The van der Waals surface area contributed by atoms with Crippen LogP contribution in [0.15, 0.2) is 11.4 Å². The Hall–Kier alpha value is -1.36. The first-order valence-corrected chi connectivity index (χ1v) is 5.65. The standard InChI is InChI=1S/C10H11NO3S/c12-9-3-1-2-8-7(4-5-15-8)11(9)6-10(13)14/h4-5H,1-3,6H2,(H,13,14). The zero-order chi connectivity index (χ0) is 10.8. The third kappa shape index (κ3) is 2.02. The number of carbonyl (C=O) groups is 2. The van der Waals surface area contributed by atoms with E-state index in [1.807, 2.05) is 11.4 Å². The van der Waals surface area contributed by atoms with Crippen LogP contribution in [0.1, 0.15) is 17.7 Å². The van der Waals surface area contributed by atoms with Crippen LogP contribution < -0.4 is 4.90 Å². The van der Waals surface area contributed by atoms with Gasteiger partial charge < -0.3 is 10.0 Å². The SMILES string of the molecule is O=C(O)CN1C(=O)CCCc2sccc21. The van der Waals surface area contributed by atoms with E-state index in [2.05, 4.69) is 0 Å². The molecule has 5 heteroatoms. The summed E-state index contributed by atoms with van der Waals surface area (Å²) in [6.45, 7) is -0.234. The molecule has 0 bridgehead atoms. The van der Waals surface area contributed by atoms with Crippen LogP contribution in [-0.4, -0.2) is 23.5 Å². The number of nitrogens with zero attached hydrogens (tertiary/aromatic N) is 1. The van der Waals surface area contributed by atoms with Gasteiger partial charge in [0, 0.05) is 11.3 Å². The van der Waals surface area contributed by atoms with Gasteiger partial charge in [-0.05, 0) is 24.3 Å². The molecule has 1 amide bonds. The summed E-state index contributed by atoms with van der Waals surface area (Å²) in [6, 6.07) is 1.83. The molecule has 1 aliphatic heterocycles. The largest absolute Gasteiger partial charge is 0.480 e. The zero-order valence-electron chi connectivity index (χ0n) is 8.10. The number of amides is 1. The zero-order valence-corrected chi connectivity index (χ0v) is 8.92. The van der Waals surface area contributed by atoms with Gasteiger partial charge in [-0.1, -0.05) is 0 Å². The Kier molecular flexibility index (Phi) is 2.73. The molecule has 1 aromatic rings. The van der Waals surface area contributed by atoms with E-state index in [0.717, 1.165) is 23.4 Å². The highest BCUT2D eigenvalue weighted by Crippen LogP contribution is 2.31. The normalized spacial score (nSPS) is 16.0. The van der Waals surface area contributed by atoms with Crippen LogP contribution in [0.2, 0.25) is 0 Å². The molecule has 0 radical (unpaired) electrons. The molecule has 2 heterocycles. The van der Waals surface area contributed by atoms with Gasteiger partial charge in [-0.3, -0.25) is 9.59 Å². The van der Waals surface area contributed by atoms with Crippen molar-refractivity contribution in [1.29, 1.82) is 0 Å². The summed E-state index contributed by atoms with van der Waals surface area (Å²) >= 11 is 1.58. The summed E-state index contributed by atoms with van der Waals surface area (Å²) in [5.41, 5.74) is 0.782. The number of hydrogen-bond acceptors (Lipinski definition) is 3. The van der Waals surface area contributed by atoms with Crippen molar-refractivity contribution in [3.63, 3.8) is 0 Å².